The Morgan fingerprint density at radius 1 is 1.06 bits per heavy atom. The second-order valence-electron chi connectivity index (χ2n) is 7.37. The summed E-state index contributed by atoms with van der Waals surface area (Å²) >= 11 is 5.89. The van der Waals surface area contributed by atoms with Crippen molar-refractivity contribution in [3.05, 3.63) is 53.1 Å². The highest BCUT2D eigenvalue weighted by Gasteiger charge is 2.44. The fourth-order valence-corrected chi connectivity index (χ4v) is 3.81. The summed E-state index contributed by atoms with van der Waals surface area (Å²) in [6, 6.07) is 10.3. The van der Waals surface area contributed by atoms with E-state index < -0.39 is 29.7 Å². The van der Waals surface area contributed by atoms with Gasteiger partial charge in [0.1, 0.15) is 6.04 Å². The number of hydrogen-bond donors (Lipinski definition) is 1. The lowest BCUT2D eigenvalue weighted by Crippen LogP contribution is -2.45. The van der Waals surface area contributed by atoms with Crippen LogP contribution in [0.3, 0.4) is 0 Å². The van der Waals surface area contributed by atoms with E-state index in [0.29, 0.717) is 27.8 Å². The molecule has 2 aliphatic heterocycles. The van der Waals surface area contributed by atoms with E-state index in [0.717, 1.165) is 4.90 Å². The quantitative estimate of drug-likeness (QED) is 0.634. The number of carboxylic acids is 1. The average molecular weight is 459 g/mol. The summed E-state index contributed by atoms with van der Waals surface area (Å²) in [6.07, 6.45) is -0.879. The molecule has 0 bridgehead atoms. The molecule has 0 radical (unpaired) electrons. The number of rotatable bonds is 7. The van der Waals surface area contributed by atoms with Gasteiger partial charge in [0.05, 0.1) is 18.5 Å². The first-order valence-electron chi connectivity index (χ1n) is 9.85. The molecule has 4 rings (SSSR count). The van der Waals surface area contributed by atoms with Crippen molar-refractivity contribution in [3.8, 4) is 11.5 Å². The maximum atomic E-state index is 13.2. The predicted octanol–water partition coefficient (Wildman–Crippen LogP) is 2.59. The number of nitrogens with zero attached hydrogens (tertiary/aromatic N) is 2. The minimum absolute atomic E-state index is 0.00718. The van der Waals surface area contributed by atoms with Gasteiger partial charge >= 0.3 is 5.97 Å². The molecule has 0 aliphatic carbocycles. The van der Waals surface area contributed by atoms with E-state index in [9.17, 15) is 19.2 Å². The van der Waals surface area contributed by atoms with Gasteiger partial charge < -0.3 is 19.5 Å². The molecule has 1 saturated heterocycles. The van der Waals surface area contributed by atoms with Gasteiger partial charge in [-0.15, -0.1) is 0 Å². The summed E-state index contributed by atoms with van der Waals surface area (Å²) in [5, 5.41) is 9.43. The molecule has 0 spiro atoms. The monoisotopic (exact) mass is 458 g/mol. The molecule has 0 unspecified atom stereocenters. The van der Waals surface area contributed by atoms with E-state index >= 15 is 0 Å². The molecular formula is C22H19ClN2O7. The van der Waals surface area contributed by atoms with Crippen LogP contribution in [0.25, 0.3) is 0 Å². The van der Waals surface area contributed by atoms with Gasteiger partial charge in [-0.1, -0.05) is 17.7 Å². The number of ether oxygens (including phenoxy) is 2. The number of carbonyl (C=O) groups is 4. The van der Waals surface area contributed by atoms with Crippen LogP contribution in [0.1, 0.15) is 24.8 Å². The summed E-state index contributed by atoms with van der Waals surface area (Å²) in [6.45, 7) is 0.0962. The predicted molar refractivity (Wildman–Crippen MR) is 112 cm³/mol. The van der Waals surface area contributed by atoms with Crippen molar-refractivity contribution in [3.63, 3.8) is 0 Å². The van der Waals surface area contributed by atoms with Gasteiger partial charge in [-0.25, -0.2) is 4.90 Å². The molecule has 2 aromatic carbocycles. The summed E-state index contributed by atoms with van der Waals surface area (Å²) in [5.41, 5.74) is 1.01. The van der Waals surface area contributed by atoms with Crippen molar-refractivity contribution in [1.82, 2.24) is 4.90 Å². The molecule has 9 nitrogen and oxygen atoms in total. The zero-order valence-electron chi connectivity index (χ0n) is 16.8. The number of carboxylic acid groups (broad SMARTS) is 1. The Labute approximate surface area is 188 Å². The minimum Gasteiger partial charge on any atom is -0.481 e. The van der Waals surface area contributed by atoms with Gasteiger partial charge in [-0.2, -0.15) is 0 Å². The zero-order valence-corrected chi connectivity index (χ0v) is 17.6. The van der Waals surface area contributed by atoms with E-state index in [1.54, 1.807) is 42.5 Å². The highest BCUT2D eigenvalue weighted by atomic mass is 35.5. The number of amides is 3. The van der Waals surface area contributed by atoms with E-state index in [2.05, 4.69) is 0 Å². The third-order valence-electron chi connectivity index (χ3n) is 5.25. The third kappa shape index (κ3) is 4.38. The highest BCUT2D eigenvalue weighted by Crippen LogP contribution is 2.34. The Morgan fingerprint density at radius 3 is 2.50 bits per heavy atom. The van der Waals surface area contributed by atoms with Gasteiger partial charge in [0.2, 0.25) is 18.6 Å². The molecule has 32 heavy (non-hydrogen) atoms. The second-order valence-corrected chi connectivity index (χ2v) is 7.80. The third-order valence-corrected chi connectivity index (χ3v) is 5.50. The fraction of sp³-hybridized carbons (Fsp3) is 0.273. The Bertz CT molecular complexity index is 1090. The maximum Gasteiger partial charge on any atom is 0.303 e. The Hall–Kier alpha value is -3.59. The molecule has 2 aromatic rings. The van der Waals surface area contributed by atoms with E-state index in [-0.39, 0.29) is 32.6 Å². The van der Waals surface area contributed by atoms with Gasteiger partial charge in [-0.3, -0.25) is 19.2 Å². The number of anilines is 1. The van der Waals surface area contributed by atoms with Crippen molar-refractivity contribution in [2.24, 2.45) is 0 Å². The number of imide groups is 1. The van der Waals surface area contributed by atoms with Crippen LogP contribution in [0.4, 0.5) is 5.69 Å². The van der Waals surface area contributed by atoms with Crippen LogP contribution in [0, 0.1) is 0 Å². The van der Waals surface area contributed by atoms with Gasteiger partial charge in [0, 0.05) is 18.0 Å². The Kier molecular flexibility index (Phi) is 6.00. The van der Waals surface area contributed by atoms with Crippen LogP contribution in [0.5, 0.6) is 11.5 Å². The smallest absolute Gasteiger partial charge is 0.303 e. The molecule has 0 aromatic heterocycles. The number of hydrogen-bond acceptors (Lipinski definition) is 6. The highest BCUT2D eigenvalue weighted by molar-refractivity contribution is 6.30. The SMILES string of the molecule is O=C(O)CCC(=O)N(Cc1ccc2c(c1)OCO2)[C@H]1CC(=O)N(c2ccc(Cl)cc2)C1=O. The first-order valence-corrected chi connectivity index (χ1v) is 10.2. The van der Waals surface area contributed by atoms with E-state index in [1.165, 1.54) is 4.90 Å². The number of carbonyl (C=O) groups excluding carboxylic acids is 3. The number of benzene rings is 2. The Balaban J connectivity index is 1.61. The van der Waals surface area contributed by atoms with Crippen LogP contribution in [0.2, 0.25) is 5.02 Å². The van der Waals surface area contributed by atoms with Crippen LogP contribution in [-0.2, 0) is 25.7 Å². The lowest BCUT2D eigenvalue weighted by atomic mass is 10.1. The van der Waals surface area contributed by atoms with Crippen LogP contribution in [-0.4, -0.2) is 46.5 Å². The van der Waals surface area contributed by atoms with Gasteiger partial charge in [0.25, 0.3) is 5.91 Å². The largest absolute Gasteiger partial charge is 0.481 e. The minimum atomic E-state index is -1.13. The zero-order chi connectivity index (χ0) is 22.8. The average Bonchev–Trinajstić information content (AvgIpc) is 3.34. The molecular weight excluding hydrogens is 440 g/mol. The van der Waals surface area contributed by atoms with E-state index in [4.69, 9.17) is 26.2 Å². The molecule has 2 heterocycles. The number of fused-ring (bicyclic) bond motifs is 1. The second kappa shape index (κ2) is 8.88. The fourth-order valence-electron chi connectivity index (χ4n) is 3.69. The van der Waals surface area contributed by atoms with Gasteiger partial charge in [-0.05, 0) is 42.0 Å². The normalized spacial score (nSPS) is 17.0. The molecule has 1 fully saturated rings. The van der Waals surface area contributed by atoms with Crippen molar-refractivity contribution in [2.45, 2.75) is 31.8 Å². The summed E-state index contributed by atoms with van der Waals surface area (Å²) < 4.78 is 10.7. The standard InChI is InChI=1S/C22H19ClN2O7/c23-14-2-4-15(5-3-14)25-20(27)10-16(22(25)30)24(19(26)7-8-21(28)29)11-13-1-6-17-18(9-13)32-12-31-17/h1-6,9,16H,7-8,10-12H2,(H,28,29)/t16-/m0/s1. The van der Waals surface area contributed by atoms with Crippen molar-refractivity contribution < 1.29 is 33.8 Å². The lowest BCUT2D eigenvalue weighted by molar-refractivity contribution is -0.143. The Morgan fingerprint density at radius 2 is 1.78 bits per heavy atom. The first-order chi connectivity index (χ1) is 15.3. The molecule has 166 valence electrons. The van der Waals surface area contributed by atoms with Crippen LogP contribution >= 0.6 is 11.6 Å². The van der Waals surface area contributed by atoms with Crippen LogP contribution < -0.4 is 14.4 Å². The van der Waals surface area contributed by atoms with Crippen molar-refractivity contribution in [2.75, 3.05) is 11.7 Å². The maximum absolute atomic E-state index is 13.2. The summed E-state index contributed by atoms with van der Waals surface area (Å²) in [4.78, 5) is 52.0. The first kappa shape index (κ1) is 21.6. The molecule has 2 aliphatic rings. The molecule has 3 amide bonds. The number of aliphatic carboxylic acids is 1. The van der Waals surface area contributed by atoms with Crippen molar-refractivity contribution in [1.29, 1.82) is 0 Å². The molecule has 1 atom stereocenters. The summed E-state index contributed by atoms with van der Waals surface area (Å²) in [5.74, 6) is -1.59. The van der Waals surface area contributed by atoms with Gasteiger partial charge in [0.15, 0.2) is 11.5 Å². The number of halogens is 1. The molecule has 0 saturated carbocycles. The summed E-state index contributed by atoms with van der Waals surface area (Å²) in [7, 11) is 0. The van der Waals surface area contributed by atoms with Crippen LogP contribution in [0.15, 0.2) is 42.5 Å². The van der Waals surface area contributed by atoms with Crippen molar-refractivity contribution >= 4 is 41.0 Å². The molecule has 1 N–H and O–H groups in total. The van der Waals surface area contributed by atoms with E-state index in [1.807, 2.05) is 0 Å². The lowest BCUT2D eigenvalue weighted by Gasteiger charge is -2.28. The topological polar surface area (TPSA) is 113 Å². The molecule has 10 heteroatoms.